The molecule has 0 fully saturated rings. The van der Waals surface area contributed by atoms with E-state index in [1.54, 1.807) is 0 Å². The third kappa shape index (κ3) is 6.73. The van der Waals surface area contributed by atoms with Crippen LogP contribution in [0, 0.1) is 0 Å². The molecule has 1 heterocycles. The van der Waals surface area contributed by atoms with Crippen molar-refractivity contribution >= 4 is 29.1 Å². The number of aromatic nitrogens is 2. The van der Waals surface area contributed by atoms with Crippen LogP contribution < -0.4 is 11.1 Å². The topological polar surface area (TPSA) is 85.4 Å². The van der Waals surface area contributed by atoms with Crippen LogP contribution in [0.3, 0.4) is 0 Å². The molecular weight excluding hydrogens is 338 g/mol. The molecule has 0 saturated carbocycles. The Morgan fingerprint density at radius 2 is 1.93 bits per heavy atom. The Balaban J connectivity index is 0.00000114. The van der Waals surface area contributed by atoms with E-state index in [0.717, 1.165) is 12.1 Å². The van der Waals surface area contributed by atoms with E-state index in [1.807, 2.05) is 12.1 Å². The highest BCUT2D eigenvalue weighted by Gasteiger charge is 2.09. The van der Waals surface area contributed by atoms with Gasteiger partial charge >= 0.3 is 0 Å². The van der Waals surface area contributed by atoms with Crippen molar-refractivity contribution < 1.29 is 4.84 Å². The lowest BCUT2D eigenvalue weighted by Crippen LogP contribution is -2.05. The van der Waals surface area contributed by atoms with Gasteiger partial charge in [-0.15, -0.1) is 0 Å². The zero-order valence-corrected chi connectivity index (χ0v) is 17.2. The fourth-order valence-electron chi connectivity index (χ4n) is 2.22. The summed E-state index contributed by atoms with van der Waals surface area (Å²) in [4.78, 5) is 13.0. The molecule has 0 aliphatic heterocycles. The van der Waals surface area contributed by atoms with Gasteiger partial charge in [-0.05, 0) is 43.5 Å². The molecule has 0 atom stereocenters. The molecule has 0 saturated heterocycles. The minimum atomic E-state index is 0.336. The van der Waals surface area contributed by atoms with Crippen LogP contribution in [0.5, 0.6) is 0 Å². The van der Waals surface area contributed by atoms with Crippen LogP contribution in [0.15, 0.2) is 41.3 Å². The minimum Gasteiger partial charge on any atom is -0.399 e. The summed E-state index contributed by atoms with van der Waals surface area (Å²) in [6, 6.07) is 8.18. The van der Waals surface area contributed by atoms with E-state index in [-0.39, 0.29) is 0 Å². The number of nitrogens with zero attached hydrogens (tertiary/aromatic N) is 3. The fourth-order valence-corrected chi connectivity index (χ4v) is 2.22. The maximum Gasteiger partial charge on any atom is 0.144 e. The molecule has 2 aromatic rings. The summed E-state index contributed by atoms with van der Waals surface area (Å²) in [7, 11) is 1.47. The lowest BCUT2D eigenvalue weighted by Gasteiger charge is -2.12. The van der Waals surface area contributed by atoms with Crippen molar-refractivity contribution in [3.05, 3.63) is 47.3 Å². The summed E-state index contributed by atoms with van der Waals surface area (Å²) in [5.41, 5.74) is 11.2. The molecule has 3 N–H and O–H groups in total. The number of nitrogens with one attached hydrogen (secondary N) is 1. The second-order valence-electron chi connectivity index (χ2n) is 6.11. The molecule has 146 valence electrons. The van der Waals surface area contributed by atoms with Gasteiger partial charge in [0.2, 0.25) is 0 Å². The smallest absolute Gasteiger partial charge is 0.144 e. The van der Waals surface area contributed by atoms with Crippen molar-refractivity contribution in [1.82, 2.24) is 9.97 Å². The van der Waals surface area contributed by atoms with Gasteiger partial charge < -0.3 is 15.9 Å². The number of anilines is 3. The quantitative estimate of drug-likeness (QED) is 0.526. The van der Waals surface area contributed by atoms with Crippen LogP contribution in [-0.2, 0) is 4.84 Å². The van der Waals surface area contributed by atoms with E-state index in [0.29, 0.717) is 17.2 Å². The Morgan fingerprint density at radius 3 is 2.56 bits per heavy atom. The summed E-state index contributed by atoms with van der Waals surface area (Å²) < 4.78 is 0. The molecule has 0 unspecified atom stereocenters. The largest absolute Gasteiger partial charge is 0.399 e. The molecule has 0 bridgehead atoms. The van der Waals surface area contributed by atoms with E-state index >= 15 is 0 Å². The van der Waals surface area contributed by atoms with Gasteiger partial charge in [-0.3, -0.25) is 0 Å². The van der Waals surface area contributed by atoms with Crippen LogP contribution in [0.2, 0.25) is 0 Å². The van der Waals surface area contributed by atoms with Crippen LogP contribution in [-0.4, -0.2) is 23.3 Å². The SMILES string of the molecule is CCC.CCC(C)=C(C)c1cccc(Nc2ncnc(N)c2/C=N/OC)c1. The molecule has 6 heteroatoms. The van der Waals surface area contributed by atoms with Crippen LogP contribution in [0.1, 0.15) is 58.6 Å². The molecular formula is C21H31N5O. The standard InChI is InChI=1S/C18H23N5O.C3H8/c1-5-12(2)13(3)14-7-6-8-15(9-14)23-18-16(10-22-24-4)17(19)20-11-21-18;1-3-2/h6-11H,5H2,1-4H3,(H3,19,20,21,23);3H2,1-2H3/b13-12?,22-10+;. The second kappa shape index (κ2) is 11.7. The van der Waals surface area contributed by atoms with E-state index in [9.17, 15) is 0 Å². The third-order valence-corrected chi connectivity index (χ3v) is 3.93. The maximum atomic E-state index is 5.91. The van der Waals surface area contributed by atoms with Gasteiger partial charge in [0.1, 0.15) is 25.1 Å². The first-order valence-electron chi connectivity index (χ1n) is 9.19. The summed E-state index contributed by atoms with van der Waals surface area (Å²) >= 11 is 0. The monoisotopic (exact) mass is 369 g/mol. The van der Waals surface area contributed by atoms with Crippen molar-refractivity contribution in [2.24, 2.45) is 5.16 Å². The van der Waals surface area contributed by atoms with Gasteiger partial charge in [0.25, 0.3) is 0 Å². The van der Waals surface area contributed by atoms with E-state index in [2.05, 4.69) is 67.2 Å². The number of rotatable bonds is 6. The molecule has 0 spiro atoms. The highest BCUT2D eigenvalue weighted by molar-refractivity contribution is 5.92. The Bertz CT molecular complexity index is 784. The number of hydrogen-bond acceptors (Lipinski definition) is 6. The average molecular weight is 370 g/mol. The van der Waals surface area contributed by atoms with E-state index < -0.39 is 0 Å². The predicted octanol–water partition coefficient (Wildman–Crippen LogP) is 5.40. The van der Waals surface area contributed by atoms with Crippen LogP contribution >= 0.6 is 0 Å². The van der Waals surface area contributed by atoms with Gasteiger partial charge in [-0.25, -0.2) is 9.97 Å². The maximum absolute atomic E-state index is 5.91. The van der Waals surface area contributed by atoms with Crippen molar-refractivity contribution in [1.29, 1.82) is 0 Å². The zero-order chi connectivity index (χ0) is 20.2. The van der Waals surface area contributed by atoms with Crippen molar-refractivity contribution in [2.45, 2.75) is 47.5 Å². The lowest BCUT2D eigenvalue weighted by molar-refractivity contribution is 0.215. The summed E-state index contributed by atoms with van der Waals surface area (Å²) in [5, 5.41) is 7.03. The molecule has 0 amide bonds. The van der Waals surface area contributed by atoms with Gasteiger partial charge in [0.05, 0.1) is 11.8 Å². The van der Waals surface area contributed by atoms with Crippen molar-refractivity contribution in [2.75, 3.05) is 18.2 Å². The summed E-state index contributed by atoms with van der Waals surface area (Å²) in [5.74, 6) is 0.914. The molecule has 0 radical (unpaired) electrons. The number of hydrogen-bond donors (Lipinski definition) is 2. The molecule has 1 aromatic carbocycles. The summed E-state index contributed by atoms with van der Waals surface area (Å²) in [6.45, 7) is 10.7. The lowest BCUT2D eigenvalue weighted by atomic mass is 10.0. The molecule has 2 rings (SSSR count). The van der Waals surface area contributed by atoms with Gasteiger partial charge in [-0.2, -0.15) is 0 Å². The first-order chi connectivity index (χ1) is 13.0. The van der Waals surface area contributed by atoms with Gasteiger partial charge in [0, 0.05) is 5.69 Å². The van der Waals surface area contributed by atoms with Gasteiger partial charge in [-0.1, -0.05) is 50.1 Å². The minimum absolute atomic E-state index is 0.336. The second-order valence-corrected chi connectivity index (χ2v) is 6.11. The first kappa shape index (κ1) is 22.2. The number of nitrogen functional groups attached to an aromatic ring is 1. The van der Waals surface area contributed by atoms with E-state index in [1.165, 1.54) is 42.8 Å². The zero-order valence-electron chi connectivity index (χ0n) is 17.2. The van der Waals surface area contributed by atoms with E-state index in [4.69, 9.17) is 10.6 Å². The van der Waals surface area contributed by atoms with Crippen LogP contribution in [0.4, 0.5) is 17.3 Å². The first-order valence-corrected chi connectivity index (χ1v) is 9.19. The molecule has 6 nitrogen and oxygen atoms in total. The fraction of sp³-hybridized carbons (Fsp3) is 0.381. The molecule has 0 aliphatic carbocycles. The van der Waals surface area contributed by atoms with Crippen molar-refractivity contribution in [3.63, 3.8) is 0 Å². The molecule has 0 aliphatic rings. The predicted molar refractivity (Wildman–Crippen MR) is 115 cm³/mol. The Labute approximate surface area is 162 Å². The highest BCUT2D eigenvalue weighted by atomic mass is 16.6. The molecule has 1 aromatic heterocycles. The average Bonchev–Trinajstić information content (AvgIpc) is 2.67. The van der Waals surface area contributed by atoms with Crippen LogP contribution in [0.25, 0.3) is 5.57 Å². The third-order valence-electron chi connectivity index (χ3n) is 3.93. The Morgan fingerprint density at radius 1 is 1.22 bits per heavy atom. The van der Waals surface area contributed by atoms with Gasteiger partial charge in [0.15, 0.2) is 0 Å². The normalized spacial score (nSPS) is 11.5. The number of benzene rings is 1. The highest BCUT2D eigenvalue weighted by Crippen LogP contribution is 2.25. The number of allylic oxidation sites excluding steroid dienone is 2. The summed E-state index contributed by atoms with van der Waals surface area (Å²) in [6.07, 6.45) is 5.19. The number of nitrogens with two attached hydrogens (primary N) is 1. The Hall–Kier alpha value is -2.89. The molecule has 27 heavy (non-hydrogen) atoms. The Kier molecular flexibility index (Phi) is 9.58. The number of oxime groups is 1. The van der Waals surface area contributed by atoms with Crippen molar-refractivity contribution in [3.8, 4) is 0 Å².